The number of hydrogen-bond donors (Lipinski definition) is 1. The zero-order valence-electron chi connectivity index (χ0n) is 14.3. The third kappa shape index (κ3) is 2.65. The van der Waals surface area contributed by atoms with Crippen LogP contribution in [0.1, 0.15) is 25.7 Å². The Morgan fingerprint density at radius 2 is 1.96 bits per heavy atom. The molecule has 2 amide bonds. The molecule has 2 aliphatic rings. The Balaban J connectivity index is 1.41. The molecule has 1 aromatic heterocycles. The molecule has 3 aromatic rings. The Hall–Kier alpha value is -2.47. The van der Waals surface area contributed by atoms with Crippen molar-refractivity contribution in [3.63, 3.8) is 0 Å². The molecule has 2 fully saturated rings. The van der Waals surface area contributed by atoms with Crippen molar-refractivity contribution in [3.05, 3.63) is 36.4 Å². The van der Waals surface area contributed by atoms with Crippen molar-refractivity contribution < 1.29 is 9.59 Å². The molecule has 0 bridgehead atoms. The molecule has 5 nitrogen and oxygen atoms in total. The summed E-state index contributed by atoms with van der Waals surface area (Å²) in [4.78, 5) is 31.6. The summed E-state index contributed by atoms with van der Waals surface area (Å²) >= 11 is 1.48. The van der Waals surface area contributed by atoms with E-state index in [9.17, 15) is 9.59 Å². The minimum absolute atomic E-state index is 0.111. The quantitative estimate of drug-likeness (QED) is 0.768. The minimum atomic E-state index is -0.355. The number of carbonyl (C=O) groups excluding carboxylic acids is 2. The summed E-state index contributed by atoms with van der Waals surface area (Å²) in [6, 6.07) is 11.9. The van der Waals surface area contributed by atoms with Gasteiger partial charge in [0.25, 0.3) is 0 Å². The van der Waals surface area contributed by atoms with Crippen LogP contribution in [-0.2, 0) is 9.59 Å². The molecule has 6 heteroatoms. The number of rotatable bonds is 3. The van der Waals surface area contributed by atoms with E-state index in [0.717, 1.165) is 46.7 Å². The van der Waals surface area contributed by atoms with E-state index in [1.807, 2.05) is 18.2 Å². The molecule has 0 radical (unpaired) electrons. The molecular weight excluding hydrogens is 346 g/mol. The SMILES string of the molecule is O=C(Nc1nc2c(ccc3ccccc32)s1)C1CCCN1C(=O)C1CC1. The van der Waals surface area contributed by atoms with Gasteiger partial charge < -0.3 is 10.2 Å². The lowest BCUT2D eigenvalue weighted by atomic mass is 10.1. The summed E-state index contributed by atoms with van der Waals surface area (Å²) in [6.45, 7) is 0.692. The summed E-state index contributed by atoms with van der Waals surface area (Å²) in [5.41, 5.74) is 0.917. The number of fused-ring (bicyclic) bond motifs is 3. The van der Waals surface area contributed by atoms with E-state index in [0.29, 0.717) is 11.7 Å². The highest BCUT2D eigenvalue weighted by atomic mass is 32.1. The number of anilines is 1. The molecule has 5 rings (SSSR count). The second-order valence-corrected chi connectivity index (χ2v) is 8.14. The van der Waals surface area contributed by atoms with Crippen LogP contribution in [0.5, 0.6) is 0 Å². The summed E-state index contributed by atoms with van der Waals surface area (Å²) < 4.78 is 1.05. The molecule has 1 aliphatic carbocycles. The molecule has 1 N–H and O–H groups in total. The fraction of sp³-hybridized carbons (Fsp3) is 0.350. The van der Waals surface area contributed by atoms with Crippen LogP contribution in [0.15, 0.2) is 36.4 Å². The predicted molar refractivity (Wildman–Crippen MR) is 103 cm³/mol. The number of nitrogens with one attached hydrogen (secondary N) is 1. The maximum absolute atomic E-state index is 12.8. The number of aromatic nitrogens is 1. The van der Waals surface area contributed by atoms with Gasteiger partial charge >= 0.3 is 0 Å². The maximum Gasteiger partial charge on any atom is 0.248 e. The number of benzene rings is 2. The summed E-state index contributed by atoms with van der Waals surface area (Å²) in [5.74, 6) is 0.190. The lowest BCUT2D eigenvalue weighted by Crippen LogP contribution is -2.43. The molecule has 132 valence electrons. The zero-order chi connectivity index (χ0) is 17.7. The molecule has 1 aliphatic heterocycles. The van der Waals surface area contributed by atoms with Gasteiger partial charge in [0.2, 0.25) is 11.8 Å². The average Bonchev–Trinajstić information content (AvgIpc) is 3.24. The van der Waals surface area contributed by atoms with Gasteiger partial charge in [-0.05, 0) is 37.1 Å². The molecule has 1 unspecified atom stereocenters. The largest absolute Gasteiger partial charge is 0.330 e. The van der Waals surface area contributed by atoms with Crippen LogP contribution in [0.4, 0.5) is 5.13 Å². The minimum Gasteiger partial charge on any atom is -0.330 e. The van der Waals surface area contributed by atoms with Gasteiger partial charge in [-0.25, -0.2) is 4.98 Å². The van der Waals surface area contributed by atoms with E-state index in [-0.39, 0.29) is 23.8 Å². The van der Waals surface area contributed by atoms with Crippen LogP contribution < -0.4 is 5.32 Å². The molecule has 26 heavy (non-hydrogen) atoms. The van der Waals surface area contributed by atoms with Gasteiger partial charge in [0.15, 0.2) is 5.13 Å². The van der Waals surface area contributed by atoms with Crippen molar-refractivity contribution in [3.8, 4) is 0 Å². The first-order valence-electron chi connectivity index (χ1n) is 9.10. The van der Waals surface area contributed by atoms with Gasteiger partial charge in [0.05, 0.1) is 10.2 Å². The number of carbonyl (C=O) groups is 2. The Morgan fingerprint density at radius 3 is 2.81 bits per heavy atom. The zero-order valence-corrected chi connectivity index (χ0v) is 15.1. The first kappa shape index (κ1) is 15.8. The van der Waals surface area contributed by atoms with Gasteiger partial charge in [-0.15, -0.1) is 0 Å². The third-order valence-electron chi connectivity index (χ3n) is 5.28. The molecule has 1 saturated carbocycles. The highest BCUT2D eigenvalue weighted by Gasteiger charge is 2.41. The van der Waals surface area contributed by atoms with Crippen LogP contribution in [0.2, 0.25) is 0 Å². The van der Waals surface area contributed by atoms with Crippen LogP contribution >= 0.6 is 11.3 Å². The van der Waals surface area contributed by atoms with E-state index in [2.05, 4.69) is 28.5 Å². The van der Waals surface area contributed by atoms with Gasteiger partial charge in [-0.2, -0.15) is 0 Å². The van der Waals surface area contributed by atoms with E-state index in [4.69, 9.17) is 0 Å². The van der Waals surface area contributed by atoms with Crippen molar-refractivity contribution >= 4 is 49.3 Å². The van der Waals surface area contributed by atoms with E-state index in [1.54, 1.807) is 4.90 Å². The van der Waals surface area contributed by atoms with Gasteiger partial charge in [-0.1, -0.05) is 41.7 Å². The third-order valence-corrected chi connectivity index (χ3v) is 6.21. The Kier molecular flexibility index (Phi) is 3.67. The fourth-order valence-corrected chi connectivity index (χ4v) is 4.66. The topological polar surface area (TPSA) is 62.3 Å². The van der Waals surface area contributed by atoms with E-state index < -0.39 is 0 Å². The van der Waals surface area contributed by atoms with Crippen molar-refractivity contribution in [2.75, 3.05) is 11.9 Å². The number of likely N-dealkylation sites (tertiary alicyclic amines) is 1. The predicted octanol–water partition coefficient (Wildman–Crippen LogP) is 3.79. The number of amides is 2. The summed E-state index contributed by atoms with van der Waals surface area (Å²) in [6.07, 6.45) is 3.56. The lowest BCUT2D eigenvalue weighted by molar-refractivity contribution is -0.137. The molecular formula is C20H19N3O2S. The monoisotopic (exact) mass is 365 g/mol. The highest BCUT2D eigenvalue weighted by molar-refractivity contribution is 7.22. The summed E-state index contributed by atoms with van der Waals surface area (Å²) in [5, 5.41) is 5.79. The number of hydrogen-bond acceptors (Lipinski definition) is 4. The van der Waals surface area contributed by atoms with Crippen molar-refractivity contribution in [1.29, 1.82) is 0 Å². The number of nitrogens with zero attached hydrogens (tertiary/aromatic N) is 2. The second kappa shape index (κ2) is 6.06. The first-order chi connectivity index (χ1) is 12.7. The normalized spacial score (nSPS) is 20.0. The maximum atomic E-state index is 12.8. The van der Waals surface area contributed by atoms with Crippen LogP contribution in [-0.4, -0.2) is 34.3 Å². The highest BCUT2D eigenvalue weighted by Crippen LogP contribution is 2.35. The van der Waals surface area contributed by atoms with Gasteiger partial charge in [-0.3, -0.25) is 9.59 Å². The molecule has 1 saturated heterocycles. The second-order valence-electron chi connectivity index (χ2n) is 7.11. The lowest BCUT2D eigenvalue weighted by Gasteiger charge is -2.23. The average molecular weight is 365 g/mol. The van der Waals surface area contributed by atoms with Crippen molar-refractivity contribution in [2.45, 2.75) is 31.7 Å². The molecule has 2 heterocycles. The smallest absolute Gasteiger partial charge is 0.248 e. The Morgan fingerprint density at radius 1 is 1.12 bits per heavy atom. The van der Waals surface area contributed by atoms with Gasteiger partial charge in [0.1, 0.15) is 6.04 Å². The Labute approximate surface area is 155 Å². The standard InChI is InChI=1S/C20H19N3O2S/c24-18(15-6-3-11-23(15)19(25)13-7-8-13)22-20-21-17-14-5-2-1-4-12(14)9-10-16(17)26-20/h1-2,4-5,9-10,13,15H,3,6-8,11H2,(H,21,22,24). The van der Waals surface area contributed by atoms with Crippen molar-refractivity contribution in [1.82, 2.24) is 9.88 Å². The van der Waals surface area contributed by atoms with Crippen LogP contribution in [0, 0.1) is 5.92 Å². The molecule has 0 spiro atoms. The molecule has 2 aromatic carbocycles. The number of thiazole rings is 1. The summed E-state index contributed by atoms with van der Waals surface area (Å²) in [7, 11) is 0. The van der Waals surface area contributed by atoms with Crippen LogP contribution in [0.25, 0.3) is 21.0 Å². The van der Waals surface area contributed by atoms with Crippen molar-refractivity contribution in [2.24, 2.45) is 5.92 Å². The van der Waals surface area contributed by atoms with Crippen LogP contribution in [0.3, 0.4) is 0 Å². The molecule has 1 atom stereocenters. The Bertz CT molecular complexity index is 1020. The first-order valence-corrected chi connectivity index (χ1v) is 9.92. The fourth-order valence-electron chi connectivity index (χ4n) is 3.77. The van der Waals surface area contributed by atoms with E-state index >= 15 is 0 Å². The van der Waals surface area contributed by atoms with E-state index in [1.165, 1.54) is 11.3 Å². The van der Waals surface area contributed by atoms with Gasteiger partial charge in [0, 0.05) is 17.8 Å².